The molecule has 2 aromatic rings. The molecule has 0 aliphatic rings. The number of hydrogen-bond acceptors (Lipinski definition) is 5. The summed E-state index contributed by atoms with van der Waals surface area (Å²) in [5.41, 5.74) is -0.548. The number of rotatable bonds is 4. The number of aromatic nitrogens is 1. The molecule has 5 nitrogen and oxygen atoms in total. The van der Waals surface area contributed by atoms with Gasteiger partial charge in [0.2, 0.25) is 5.44 Å². The second kappa shape index (κ2) is 4.83. The highest BCUT2D eigenvalue weighted by Gasteiger charge is 2.29. The molecule has 1 heterocycles. The molecule has 0 bridgehead atoms. The van der Waals surface area contributed by atoms with Crippen molar-refractivity contribution in [3.8, 4) is 5.19 Å². The van der Waals surface area contributed by atoms with Gasteiger partial charge in [0.1, 0.15) is 0 Å². The third-order valence-electron chi connectivity index (χ3n) is 2.33. The average Bonchev–Trinajstić information content (AvgIpc) is 2.66. The van der Waals surface area contributed by atoms with Gasteiger partial charge in [0.05, 0.1) is 10.2 Å². The fraction of sp³-hybridized carbons (Fsp3) is 0.364. The van der Waals surface area contributed by atoms with Gasteiger partial charge in [-0.1, -0.05) is 37.3 Å². The molecule has 0 aliphatic carbocycles. The molecule has 1 unspecified atom stereocenters. The highest BCUT2D eigenvalue weighted by atomic mass is 32.2. The molecule has 7 heteroatoms. The Hall–Kier alpha value is -1.18. The number of benzene rings is 1. The Bertz CT molecular complexity index is 615. The number of nitrogens with zero attached hydrogens (tertiary/aromatic N) is 1. The van der Waals surface area contributed by atoms with Gasteiger partial charge in [-0.3, -0.25) is 4.55 Å². The van der Waals surface area contributed by atoms with E-state index in [1.54, 1.807) is 13.8 Å². The normalized spacial score (nSPS) is 14.0. The van der Waals surface area contributed by atoms with E-state index in [-0.39, 0.29) is 11.1 Å². The van der Waals surface area contributed by atoms with E-state index in [2.05, 4.69) is 4.98 Å². The van der Waals surface area contributed by atoms with E-state index in [1.807, 2.05) is 24.3 Å². The summed E-state index contributed by atoms with van der Waals surface area (Å²) >= 11 is 1.25. The van der Waals surface area contributed by atoms with E-state index in [9.17, 15) is 8.42 Å². The lowest BCUT2D eigenvalue weighted by atomic mass is 10.2. The van der Waals surface area contributed by atoms with E-state index in [4.69, 9.17) is 9.29 Å². The summed E-state index contributed by atoms with van der Waals surface area (Å²) in [7, 11) is -4.26. The van der Waals surface area contributed by atoms with Crippen LogP contribution in [-0.2, 0) is 10.1 Å². The van der Waals surface area contributed by atoms with Crippen LogP contribution in [0, 0.1) is 5.92 Å². The lowest BCUT2D eigenvalue weighted by Gasteiger charge is -2.17. The molecule has 0 aliphatic heterocycles. The fourth-order valence-electron chi connectivity index (χ4n) is 1.54. The van der Waals surface area contributed by atoms with Crippen molar-refractivity contribution in [2.24, 2.45) is 5.92 Å². The molecule has 1 aromatic carbocycles. The maximum absolute atomic E-state index is 11.2. The van der Waals surface area contributed by atoms with Crippen LogP contribution in [0.25, 0.3) is 10.2 Å². The van der Waals surface area contributed by atoms with E-state index < -0.39 is 15.6 Å². The van der Waals surface area contributed by atoms with Crippen LogP contribution in [0.4, 0.5) is 0 Å². The number of para-hydroxylation sites is 1. The first-order valence-corrected chi connectivity index (χ1v) is 7.68. The molecule has 1 atom stereocenters. The number of hydrogen-bond donors (Lipinski definition) is 1. The van der Waals surface area contributed by atoms with Crippen LogP contribution >= 0.6 is 11.3 Å². The summed E-state index contributed by atoms with van der Waals surface area (Å²) in [6.07, 6.45) is 0. The predicted octanol–water partition coefficient (Wildman–Crippen LogP) is 2.55. The van der Waals surface area contributed by atoms with Crippen LogP contribution in [-0.4, -0.2) is 23.4 Å². The highest BCUT2D eigenvalue weighted by Crippen LogP contribution is 2.29. The lowest BCUT2D eigenvalue weighted by molar-refractivity contribution is 0.209. The Morgan fingerprint density at radius 2 is 2.00 bits per heavy atom. The van der Waals surface area contributed by atoms with Gasteiger partial charge < -0.3 is 4.74 Å². The minimum absolute atomic E-state index is 0.243. The number of thiazole rings is 1. The first kappa shape index (κ1) is 13.3. The Labute approximate surface area is 109 Å². The molecule has 0 saturated heterocycles. The predicted molar refractivity (Wildman–Crippen MR) is 70.4 cm³/mol. The van der Waals surface area contributed by atoms with E-state index in [1.165, 1.54) is 11.3 Å². The van der Waals surface area contributed by atoms with Crippen LogP contribution in [0.5, 0.6) is 5.19 Å². The van der Waals surface area contributed by atoms with Crippen LogP contribution < -0.4 is 4.74 Å². The minimum atomic E-state index is -4.26. The van der Waals surface area contributed by atoms with Gasteiger partial charge in [-0.05, 0) is 12.1 Å². The van der Waals surface area contributed by atoms with Gasteiger partial charge in [0.15, 0.2) is 0 Å². The fourth-order valence-corrected chi connectivity index (χ4v) is 3.35. The Balaban J connectivity index is 2.32. The third-order valence-corrected chi connectivity index (χ3v) is 4.48. The molecule has 18 heavy (non-hydrogen) atoms. The van der Waals surface area contributed by atoms with Crippen molar-refractivity contribution in [1.29, 1.82) is 0 Å². The monoisotopic (exact) mass is 287 g/mol. The Morgan fingerprint density at radius 1 is 1.33 bits per heavy atom. The SMILES string of the molecule is CC(C)C(Oc1nc2ccccc2s1)S(=O)(=O)O. The summed E-state index contributed by atoms with van der Waals surface area (Å²) in [6.45, 7) is 3.32. The molecule has 0 spiro atoms. The molecule has 0 fully saturated rings. The van der Waals surface area contributed by atoms with E-state index in [0.29, 0.717) is 0 Å². The van der Waals surface area contributed by atoms with Crippen LogP contribution in [0.3, 0.4) is 0 Å². The lowest BCUT2D eigenvalue weighted by Crippen LogP contribution is -2.32. The van der Waals surface area contributed by atoms with E-state index in [0.717, 1.165) is 10.2 Å². The number of fused-ring (bicyclic) bond motifs is 1. The summed E-state index contributed by atoms with van der Waals surface area (Å²) in [5, 5.41) is 0.243. The molecular weight excluding hydrogens is 274 g/mol. The van der Waals surface area contributed by atoms with Gasteiger partial charge >= 0.3 is 10.1 Å². The highest BCUT2D eigenvalue weighted by molar-refractivity contribution is 7.86. The summed E-state index contributed by atoms with van der Waals surface area (Å²) in [4.78, 5) is 4.17. The van der Waals surface area contributed by atoms with Gasteiger partial charge in [-0.25, -0.2) is 4.98 Å². The quantitative estimate of drug-likeness (QED) is 0.874. The first-order chi connectivity index (χ1) is 8.38. The zero-order valence-electron chi connectivity index (χ0n) is 9.90. The maximum Gasteiger partial charge on any atom is 0.303 e. The van der Waals surface area contributed by atoms with Crippen LogP contribution in [0.2, 0.25) is 0 Å². The van der Waals surface area contributed by atoms with Crippen molar-refractivity contribution in [3.63, 3.8) is 0 Å². The third kappa shape index (κ3) is 2.80. The zero-order valence-corrected chi connectivity index (χ0v) is 11.5. The Morgan fingerprint density at radius 3 is 2.56 bits per heavy atom. The molecule has 0 amide bonds. The van der Waals surface area contributed by atoms with Gasteiger partial charge in [0.25, 0.3) is 5.19 Å². The molecule has 1 aromatic heterocycles. The van der Waals surface area contributed by atoms with Gasteiger partial charge in [0, 0.05) is 5.92 Å². The van der Waals surface area contributed by atoms with Crippen molar-refractivity contribution in [3.05, 3.63) is 24.3 Å². The smallest absolute Gasteiger partial charge is 0.303 e. The van der Waals surface area contributed by atoms with Crippen molar-refractivity contribution >= 4 is 31.7 Å². The molecule has 0 saturated carbocycles. The summed E-state index contributed by atoms with van der Waals surface area (Å²) in [5.74, 6) is -0.369. The van der Waals surface area contributed by atoms with Crippen molar-refractivity contribution in [1.82, 2.24) is 4.98 Å². The minimum Gasteiger partial charge on any atom is -0.447 e. The maximum atomic E-state index is 11.2. The molecule has 0 radical (unpaired) electrons. The molecular formula is C11H13NO4S2. The van der Waals surface area contributed by atoms with Gasteiger partial charge in [-0.15, -0.1) is 0 Å². The van der Waals surface area contributed by atoms with Crippen molar-refractivity contribution < 1.29 is 17.7 Å². The summed E-state index contributed by atoms with van der Waals surface area (Å²) < 4.78 is 37.7. The first-order valence-electron chi connectivity index (χ1n) is 5.36. The number of ether oxygens (including phenoxy) is 1. The second-order valence-corrected chi connectivity index (χ2v) is 6.68. The largest absolute Gasteiger partial charge is 0.447 e. The molecule has 1 N–H and O–H groups in total. The van der Waals surface area contributed by atoms with Crippen molar-refractivity contribution in [2.75, 3.05) is 0 Å². The van der Waals surface area contributed by atoms with Crippen LogP contribution in [0.15, 0.2) is 24.3 Å². The Kier molecular flexibility index (Phi) is 3.56. The zero-order chi connectivity index (χ0) is 13.3. The van der Waals surface area contributed by atoms with Crippen LogP contribution in [0.1, 0.15) is 13.8 Å². The van der Waals surface area contributed by atoms with Crippen molar-refractivity contribution in [2.45, 2.75) is 19.3 Å². The average molecular weight is 287 g/mol. The molecule has 98 valence electrons. The standard InChI is InChI=1S/C11H13NO4S2/c1-7(2)10(18(13,14)15)16-11-12-8-5-3-4-6-9(8)17-11/h3-7,10H,1-2H3,(H,13,14,15). The topological polar surface area (TPSA) is 76.5 Å². The second-order valence-electron chi connectivity index (χ2n) is 4.19. The van der Waals surface area contributed by atoms with E-state index >= 15 is 0 Å². The molecule has 2 rings (SSSR count). The van der Waals surface area contributed by atoms with Gasteiger partial charge in [-0.2, -0.15) is 8.42 Å². The summed E-state index contributed by atoms with van der Waals surface area (Å²) in [6, 6.07) is 7.40.